The molecular weight excluding hydrogens is 260 g/mol. The van der Waals surface area contributed by atoms with Crippen molar-refractivity contribution in [2.45, 2.75) is 20.0 Å². The van der Waals surface area contributed by atoms with Crippen molar-refractivity contribution in [3.05, 3.63) is 54.1 Å². The number of esters is 1. The van der Waals surface area contributed by atoms with Gasteiger partial charge in [-0.2, -0.15) is 0 Å². The minimum absolute atomic E-state index is 0.0893. The van der Waals surface area contributed by atoms with E-state index in [1.54, 1.807) is 0 Å². The van der Waals surface area contributed by atoms with Crippen LogP contribution in [-0.4, -0.2) is 18.0 Å². The van der Waals surface area contributed by atoms with Crippen LogP contribution in [0.1, 0.15) is 19.4 Å². The van der Waals surface area contributed by atoms with Gasteiger partial charge in [-0.05, 0) is 17.6 Å². The van der Waals surface area contributed by atoms with Crippen LogP contribution < -0.4 is 0 Å². The third-order valence-corrected chi connectivity index (χ3v) is 2.95. The Kier molecular flexibility index (Phi) is 6.37. The standard InChI is InChI=1S/C16H19ClO2/c1-12(2)15(19-16(18)13(3)11-17)10-9-14-7-5-4-6-8-14/h4-10,12,15H,3,11H2,1-2H3. The van der Waals surface area contributed by atoms with Crippen LogP contribution in [0.2, 0.25) is 0 Å². The monoisotopic (exact) mass is 278 g/mol. The molecule has 19 heavy (non-hydrogen) atoms. The van der Waals surface area contributed by atoms with E-state index >= 15 is 0 Å². The molecule has 0 N–H and O–H groups in total. The number of alkyl halides is 1. The van der Waals surface area contributed by atoms with Crippen LogP contribution in [0.3, 0.4) is 0 Å². The number of hydrogen-bond donors (Lipinski definition) is 0. The number of carbonyl (C=O) groups excluding carboxylic acids is 1. The molecule has 1 unspecified atom stereocenters. The van der Waals surface area contributed by atoms with Crippen molar-refractivity contribution in [1.29, 1.82) is 0 Å². The Morgan fingerprint density at radius 1 is 1.37 bits per heavy atom. The van der Waals surface area contributed by atoms with Crippen molar-refractivity contribution >= 4 is 23.6 Å². The SMILES string of the molecule is C=C(CCl)C(=O)OC(C=Cc1ccccc1)C(C)C. The molecule has 1 aromatic rings. The van der Waals surface area contributed by atoms with E-state index in [1.165, 1.54) is 0 Å². The summed E-state index contributed by atoms with van der Waals surface area (Å²) in [6, 6.07) is 9.87. The molecule has 0 saturated heterocycles. The van der Waals surface area contributed by atoms with Crippen LogP contribution in [0.4, 0.5) is 0 Å². The summed E-state index contributed by atoms with van der Waals surface area (Å²) < 4.78 is 5.38. The molecule has 1 rings (SSSR count). The molecule has 102 valence electrons. The second kappa shape index (κ2) is 7.80. The lowest BCUT2D eigenvalue weighted by molar-refractivity contribution is -0.143. The lowest BCUT2D eigenvalue weighted by Crippen LogP contribution is -2.22. The highest BCUT2D eigenvalue weighted by Gasteiger charge is 2.17. The van der Waals surface area contributed by atoms with Gasteiger partial charge in [-0.15, -0.1) is 11.6 Å². The summed E-state index contributed by atoms with van der Waals surface area (Å²) in [5.41, 5.74) is 1.35. The average molecular weight is 279 g/mol. The molecule has 0 aliphatic rings. The van der Waals surface area contributed by atoms with E-state index in [0.717, 1.165) is 5.56 Å². The zero-order chi connectivity index (χ0) is 14.3. The van der Waals surface area contributed by atoms with Gasteiger partial charge in [-0.3, -0.25) is 0 Å². The molecule has 0 saturated carbocycles. The van der Waals surface area contributed by atoms with Gasteiger partial charge >= 0.3 is 5.97 Å². The zero-order valence-corrected chi connectivity index (χ0v) is 12.1. The lowest BCUT2D eigenvalue weighted by atomic mass is 10.1. The molecular formula is C16H19ClO2. The van der Waals surface area contributed by atoms with Crippen LogP contribution in [0.25, 0.3) is 6.08 Å². The van der Waals surface area contributed by atoms with E-state index in [1.807, 2.05) is 56.3 Å². The largest absolute Gasteiger partial charge is 0.454 e. The molecule has 0 spiro atoms. The first-order valence-corrected chi connectivity index (χ1v) is 6.76. The topological polar surface area (TPSA) is 26.3 Å². The number of halogens is 1. The predicted molar refractivity (Wildman–Crippen MR) is 80.1 cm³/mol. The predicted octanol–water partition coefficient (Wildman–Crippen LogP) is 4.06. The summed E-state index contributed by atoms with van der Waals surface area (Å²) >= 11 is 5.56. The van der Waals surface area contributed by atoms with Gasteiger partial charge in [-0.25, -0.2) is 4.79 Å². The summed E-state index contributed by atoms with van der Waals surface area (Å²) in [5, 5.41) is 0. The minimum atomic E-state index is -0.439. The van der Waals surface area contributed by atoms with Crippen LogP contribution in [0, 0.1) is 5.92 Å². The van der Waals surface area contributed by atoms with Crippen molar-refractivity contribution in [1.82, 2.24) is 0 Å². The molecule has 1 atom stereocenters. The maximum absolute atomic E-state index is 11.7. The van der Waals surface area contributed by atoms with Crippen molar-refractivity contribution in [2.75, 3.05) is 5.88 Å². The first-order valence-electron chi connectivity index (χ1n) is 6.22. The van der Waals surface area contributed by atoms with E-state index in [-0.39, 0.29) is 23.5 Å². The van der Waals surface area contributed by atoms with Crippen molar-refractivity contribution < 1.29 is 9.53 Å². The highest BCUT2D eigenvalue weighted by molar-refractivity contribution is 6.22. The van der Waals surface area contributed by atoms with E-state index in [2.05, 4.69) is 6.58 Å². The Morgan fingerprint density at radius 2 is 2.00 bits per heavy atom. The normalized spacial score (nSPS) is 12.6. The Balaban J connectivity index is 2.71. The average Bonchev–Trinajstić information content (AvgIpc) is 2.42. The highest BCUT2D eigenvalue weighted by atomic mass is 35.5. The molecule has 0 radical (unpaired) electrons. The fourth-order valence-corrected chi connectivity index (χ4v) is 1.54. The number of hydrogen-bond acceptors (Lipinski definition) is 2. The molecule has 0 aliphatic carbocycles. The minimum Gasteiger partial charge on any atom is -0.454 e. The van der Waals surface area contributed by atoms with Crippen LogP contribution in [0.5, 0.6) is 0 Å². The van der Waals surface area contributed by atoms with Gasteiger partial charge in [0, 0.05) is 5.57 Å². The number of carbonyl (C=O) groups is 1. The summed E-state index contributed by atoms with van der Waals surface area (Å²) in [7, 11) is 0. The van der Waals surface area contributed by atoms with Gasteiger partial charge < -0.3 is 4.74 Å². The van der Waals surface area contributed by atoms with Crippen LogP contribution in [0.15, 0.2) is 48.6 Å². The van der Waals surface area contributed by atoms with Gasteiger partial charge in [0.25, 0.3) is 0 Å². The molecule has 1 aromatic carbocycles. The first kappa shape index (κ1) is 15.5. The lowest BCUT2D eigenvalue weighted by Gasteiger charge is -2.18. The first-order chi connectivity index (χ1) is 9.04. The quantitative estimate of drug-likeness (QED) is 0.446. The summed E-state index contributed by atoms with van der Waals surface area (Å²) in [5.74, 6) is -0.162. The van der Waals surface area contributed by atoms with Crippen LogP contribution in [-0.2, 0) is 9.53 Å². The van der Waals surface area contributed by atoms with Crippen molar-refractivity contribution in [2.24, 2.45) is 5.92 Å². The van der Waals surface area contributed by atoms with Gasteiger partial charge in [-0.1, -0.05) is 56.8 Å². The molecule has 0 fully saturated rings. The fourth-order valence-electron chi connectivity index (χ4n) is 1.43. The molecule has 0 bridgehead atoms. The Labute approximate surface area is 119 Å². The Morgan fingerprint density at radius 3 is 2.53 bits per heavy atom. The third-order valence-electron chi connectivity index (χ3n) is 2.63. The Hall–Kier alpha value is -1.54. The number of rotatable bonds is 6. The molecule has 0 aromatic heterocycles. The third kappa shape index (κ3) is 5.31. The van der Waals surface area contributed by atoms with Crippen molar-refractivity contribution in [3.63, 3.8) is 0 Å². The fraction of sp³-hybridized carbons (Fsp3) is 0.312. The van der Waals surface area contributed by atoms with Gasteiger partial charge in [0.2, 0.25) is 0 Å². The molecule has 3 heteroatoms. The van der Waals surface area contributed by atoms with E-state index in [4.69, 9.17) is 16.3 Å². The second-order valence-corrected chi connectivity index (χ2v) is 4.89. The molecule has 2 nitrogen and oxygen atoms in total. The number of benzene rings is 1. The van der Waals surface area contributed by atoms with Gasteiger partial charge in [0.05, 0.1) is 5.88 Å². The molecule has 0 amide bonds. The maximum Gasteiger partial charge on any atom is 0.335 e. The maximum atomic E-state index is 11.7. The summed E-state index contributed by atoms with van der Waals surface area (Å²) in [6.07, 6.45) is 3.55. The van der Waals surface area contributed by atoms with Gasteiger partial charge in [0.1, 0.15) is 6.10 Å². The molecule has 0 aliphatic heterocycles. The van der Waals surface area contributed by atoms with Gasteiger partial charge in [0.15, 0.2) is 0 Å². The molecule has 0 heterocycles. The Bertz CT molecular complexity index is 449. The zero-order valence-electron chi connectivity index (χ0n) is 11.3. The van der Waals surface area contributed by atoms with Crippen molar-refractivity contribution in [3.8, 4) is 0 Å². The van der Waals surface area contributed by atoms with E-state index in [0.29, 0.717) is 0 Å². The summed E-state index contributed by atoms with van der Waals surface area (Å²) in [4.78, 5) is 11.7. The van der Waals surface area contributed by atoms with E-state index < -0.39 is 5.97 Å². The summed E-state index contributed by atoms with van der Waals surface area (Å²) in [6.45, 7) is 7.57. The second-order valence-electron chi connectivity index (χ2n) is 4.62. The van der Waals surface area contributed by atoms with E-state index in [9.17, 15) is 4.79 Å². The van der Waals surface area contributed by atoms with Crippen LogP contribution >= 0.6 is 11.6 Å². The highest BCUT2D eigenvalue weighted by Crippen LogP contribution is 2.13. The smallest absolute Gasteiger partial charge is 0.335 e. The number of ether oxygens (including phenoxy) is 1.